The molecule has 1 aliphatic heterocycles. The second kappa shape index (κ2) is 7.83. The lowest BCUT2D eigenvalue weighted by Crippen LogP contribution is -2.54. The summed E-state index contributed by atoms with van der Waals surface area (Å²) in [6.45, 7) is 7.32. The third-order valence-corrected chi connectivity index (χ3v) is 5.44. The van der Waals surface area contributed by atoms with Gasteiger partial charge in [-0.25, -0.2) is 4.98 Å². The smallest absolute Gasteiger partial charge is 0.246 e. The quantitative estimate of drug-likeness (QED) is 0.851. The van der Waals surface area contributed by atoms with Crippen molar-refractivity contribution in [3.8, 4) is 11.3 Å². The number of aromatic nitrogens is 1. The molecule has 1 aromatic carbocycles. The fourth-order valence-corrected chi connectivity index (χ4v) is 3.58. The third-order valence-electron chi connectivity index (χ3n) is 4.68. The molecule has 25 heavy (non-hydrogen) atoms. The Kier molecular flexibility index (Phi) is 6.21. The Balaban J connectivity index is 0.00000225. The number of thiazole rings is 1. The summed E-state index contributed by atoms with van der Waals surface area (Å²) in [5.41, 5.74) is 11.0. The predicted molar refractivity (Wildman–Crippen MR) is 105 cm³/mol. The van der Waals surface area contributed by atoms with Gasteiger partial charge in [0.05, 0.1) is 5.69 Å². The largest absolute Gasteiger partial charge is 0.381 e. The van der Waals surface area contributed by atoms with Crippen LogP contribution in [-0.2, 0) is 9.53 Å². The second-order valence-corrected chi connectivity index (χ2v) is 7.37. The summed E-state index contributed by atoms with van der Waals surface area (Å²) >= 11 is 1.42. The summed E-state index contributed by atoms with van der Waals surface area (Å²) in [5.74, 6) is -0.177. The fraction of sp³-hybridized carbons (Fsp3) is 0.444. The molecule has 7 heteroatoms. The van der Waals surface area contributed by atoms with E-state index in [1.165, 1.54) is 28.0 Å². The van der Waals surface area contributed by atoms with E-state index in [1.54, 1.807) is 0 Å². The fourth-order valence-electron chi connectivity index (χ4n) is 2.88. The number of amides is 1. The van der Waals surface area contributed by atoms with E-state index >= 15 is 0 Å². The minimum Gasteiger partial charge on any atom is -0.381 e. The van der Waals surface area contributed by atoms with Crippen LogP contribution in [0.3, 0.4) is 0 Å². The predicted octanol–water partition coefficient (Wildman–Crippen LogP) is 3.60. The van der Waals surface area contributed by atoms with E-state index < -0.39 is 5.54 Å². The molecule has 3 N–H and O–H groups in total. The number of hydrogen-bond donors (Lipinski definition) is 2. The van der Waals surface area contributed by atoms with Crippen LogP contribution in [0.1, 0.15) is 29.5 Å². The first-order chi connectivity index (χ1) is 11.4. The molecule has 1 aromatic heterocycles. The van der Waals surface area contributed by atoms with Crippen molar-refractivity contribution >= 4 is 34.8 Å². The van der Waals surface area contributed by atoms with Crippen LogP contribution in [0.2, 0.25) is 0 Å². The molecule has 0 atom stereocenters. The van der Waals surface area contributed by atoms with Crippen LogP contribution in [0.25, 0.3) is 11.3 Å². The first kappa shape index (κ1) is 19.8. The zero-order valence-electron chi connectivity index (χ0n) is 14.7. The van der Waals surface area contributed by atoms with Crippen LogP contribution in [0, 0.1) is 20.8 Å². The normalized spacial score (nSPS) is 16.2. The van der Waals surface area contributed by atoms with Crippen molar-refractivity contribution < 1.29 is 9.53 Å². The van der Waals surface area contributed by atoms with E-state index in [9.17, 15) is 4.79 Å². The maximum absolute atomic E-state index is 12.5. The highest BCUT2D eigenvalue weighted by molar-refractivity contribution is 7.14. The Hall–Kier alpha value is -1.47. The summed E-state index contributed by atoms with van der Waals surface area (Å²) < 4.78 is 5.29. The van der Waals surface area contributed by atoms with Gasteiger partial charge < -0.3 is 15.8 Å². The van der Waals surface area contributed by atoms with Gasteiger partial charge in [-0.05, 0) is 56.4 Å². The lowest BCUT2D eigenvalue weighted by atomic mass is 9.90. The van der Waals surface area contributed by atoms with Crippen molar-refractivity contribution in [2.75, 3.05) is 18.5 Å². The lowest BCUT2D eigenvalue weighted by Gasteiger charge is -2.31. The number of carbonyl (C=O) groups excluding carboxylic acids is 1. The highest BCUT2D eigenvalue weighted by atomic mass is 35.5. The molecular formula is C18H24ClN3O2S. The van der Waals surface area contributed by atoms with Gasteiger partial charge in [0.2, 0.25) is 5.91 Å². The minimum absolute atomic E-state index is 0. The SMILES string of the molecule is Cc1cc(C)c(-c2csc(NC(=O)C3(N)CCOCC3)n2)cc1C.Cl. The molecule has 0 aliphatic carbocycles. The van der Waals surface area contributed by atoms with Gasteiger partial charge in [-0.2, -0.15) is 0 Å². The number of halogens is 1. The Morgan fingerprint density at radius 1 is 1.20 bits per heavy atom. The standard InChI is InChI=1S/C18H23N3O2S.ClH/c1-11-8-13(3)14(9-12(11)2)15-10-24-17(20-15)21-16(22)18(19)4-6-23-7-5-18;/h8-10H,4-7,19H2,1-3H3,(H,20,21,22);1H. The molecule has 0 bridgehead atoms. The first-order valence-electron chi connectivity index (χ1n) is 8.11. The molecule has 136 valence electrons. The van der Waals surface area contributed by atoms with E-state index in [2.05, 4.69) is 43.2 Å². The molecule has 3 rings (SSSR count). The van der Waals surface area contributed by atoms with Crippen LogP contribution in [0.15, 0.2) is 17.5 Å². The maximum Gasteiger partial charge on any atom is 0.246 e. The number of carbonyl (C=O) groups is 1. The number of nitrogens with one attached hydrogen (secondary N) is 1. The van der Waals surface area contributed by atoms with Crippen molar-refractivity contribution in [2.45, 2.75) is 39.2 Å². The van der Waals surface area contributed by atoms with Crippen LogP contribution in [0.5, 0.6) is 0 Å². The van der Waals surface area contributed by atoms with Crippen molar-refractivity contribution in [2.24, 2.45) is 5.73 Å². The van der Waals surface area contributed by atoms with Crippen molar-refractivity contribution in [1.82, 2.24) is 4.98 Å². The molecule has 0 saturated carbocycles. The van der Waals surface area contributed by atoms with Gasteiger partial charge >= 0.3 is 0 Å². The number of hydrogen-bond acceptors (Lipinski definition) is 5. The zero-order chi connectivity index (χ0) is 17.3. The number of nitrogens with zero attached hydrogens (tertiary/aromatic N) is 1. The van der Waals surface area contributed by atoms with Crippen molar-refractivity contribution in [3.05, 3.63) is 34.2 Å². The third kappa shape index (κ3) is 4.20. The molecule has 1 aliphatic rings. The molecule has 1 fully saturated rings. The second-order valence-electron chi connectivity index (χ2n) is 6.51. The molecule has 1 saturated heterocycles. The number of benzene rings is 1. The van der Waals surface area contributed by atoms with Gasteiger partial charge in [-0.1, -0.05) is 6.07 Å². The van der Waals surface area contributed by atoms with Gasteiger partial charge in [0.25, 0.3) is 0 Å². The number of anilines is 1. The molecule has 1 amide bonds. The number of rotatable bonds is 3. The zero-order valence-corrected chi connectivity index (χ0v) is 16.4. The van der Waals surface area contributed by atoms with Crippen LogP contribution < -0.4 is 11.1 Å². The Morgan fingerprint density at radius 3 is 2.52 bits per heavy atom. The van der Waals surface area contributed by atoms with Gasteiger partial charge in [0.1, 0.15) is 5.54 Å². The average molecular weight is 382 g/mol. The van der Waals surface area contributed by atoms with E-state index in [1.807, 2.05) is 5.38 Å². The van der Waals surface area contributed by atoms with E-state index in [4.69, 9.17) is 10.5 Å². The molecule has 2 aromatic rings. The van der Waals surface area contributed by atoms with Crippen molar-refractivity contribution in [3.63, 3.8) is 0 Å². The van der Waals surface area contributed by atoms with Gasteiger partial charge in [-0.3, -0.25) is 4.79 Å². The van der Waals surface area contributed by atoms with Crippen LogP contribution >= 0.6 is 23.7 Å². The maximum atomic E-state index is 12.5. The lowest BCUT2D eigenvalue weighted by molar-refractivity contribution is -0.124. The monoisotopic (exact) mass is 381 g/mol. The highest BCUT2D eigenvalue weighted by Gasteiger charge is 2.36. The summed E-state index contributed by atoms with van der Waals surface area (Å²) in [6.07, 6.45) is 1.07. The van der Waals surface area contributed by atoms with E-state index in [0.29, 0.717) is 31.2 Å². The van der Waals surface area contributed by atoms with Gasteiger partial charge in [0.15, 0.2) is 5.13 Å². The van der Waals surface area contributed by atoms with E-state index in [-0.39, 0.29) is 18.3 Å². The Bertz CT molecular complexity index is 770. The molecule has 0 unspecified atom stereocenters. The molecule has 2 heterocycles. The Labute approximate surface area is 158 Å². The molecular weight excluding hydrogens is 358 g/mol. The number of nitrogens with two attached hydrogens (primary N) is 1. The Morgan fingerprint density at radius 2 is 1.84 bits per heavy atom. The molecule has 5 nitrogen and oxygen atoms in total. The van der Waals surface area contributed by atoms with Gasteiger partial charge in [-0.15, -0.1) is 23.7 Å². The highest BCUT2D eigenvalue weighted by Crippen LogP contribution is 2.30. The number of ether oxygens (including phenoxy) is 1. The molecule has 0 radical (unpaired) electrons. The average Bonchev–Trinajstić information content (AvgIpc) is 3.00. The summed E-state index contributed by atoms with van der Waals surface area (Å²) in [7, 11) is 0. The van der Waals surface area contributed by atoms with Gasteiger partial charge in [0, 0.05) is 24.2 Å². The van der Waals surface area contributed by atoms with Crippen molar-refractivity contribution in [1.29, 1.82) is 0 Å². The van der Waals surface area contributed by atoms with Crippen LogP contribution in [0.4, 0.5) is 5.13 Å². The van der Waals surface area contributed by atoms with Crippen LogP contribution in [-0.4, -0.2) is 29.6 Å². The minimum atomic E-state index is -0.861. The summed E-state index contributed by atoms with van der Waals surface area (Å²) in [5, 5.41) is 5.43. The molecule has 0 spiro atoms. The van der Waals surface area contributed by atoms with E-state index in [0.717, 1.165) is 11.3 Å². The summed E-state index contributed by atoms with van der Waals surface area (Å²) in [6, 6.07) is 4.31. The summed E-state index contributed by atoms with van der Waals surface area (Å²) in [4.78, 5) is 17.1. The topological polar surface area (TPSA) is 77.2 Å². The first-order valence-corrected chi connectivity index (χ1v) is 8.99. The number of aryl methyl sites for hydroxylation is 3.